The van der Waals surface area contributed by atoms with Gasteiger partial charge in [0.25, 0.3) is 0 Å². The van der Waals surface area contributed by atoms with Crippen molar-refractivity contribution in [1.29, 1.82) is 0 Å². The number of benzene rings is 2. The Morgan fingerprint density at radius 2 is 1.19 bits per heavy atom. The average molecular weight is 446 g/mol. The molecular weight excluding hydrogens is 424 g/mol. The second kappa shape index (κ2) is 8.93. The molecule has 0 bridgehead atoms. The van der Waals surface area contributed by atoms with Gasteiger partial charge in [-0.15, -0.1) is 0 Å². The Balaban J connectivity index is 1.91. The van der Waals surface area contributed by atoms with E-state index in [1.807, 2.05) is 0 Å². The summed E-state index contributed by atoms with van der Waals surface area (Å²) < 4.78 is 33.0. The van der Waals surface area contributed by atoms with E-state index < -0.39 is 11.9 Å². The van der Waals surface area contributed by atoms with Crippen molar-refractivity contribution >= 4 is 11.9 Å². The molecule has 0 aliphatic carbocycles. The van der Waals surface area contributed by atoms with Crippen LogP contribution in [0.2, 0.25) is 0 Å². The monoisotopic (exact) mass is 446 g/mol. The number of ether oxygens (including phenoxy) is 6. The number of aromatic carboxylic acids is 2. The summed E-state index contributed by atoms with van der Waals surface area (Å²) in [6, 6.07) is 5.45. The normalized spacial score (nSPS) is 18.6. The molecule has 0 radical (unpaired) electrons. The second-order valence-electron chi connectivity index (χ2n) is 7.25. The van der Waals surface area contributed by atoms with Crippen molar-refractivity contribution in [3.8, 4) is 34.1 Å². The molecule has 32 heavy (non-hydrogen) atoms. The SMILES string of the molecule is COc1cc(C(=O)O)cc(-c2cc(C(=O)O)cc(OC)c2OCC2CO2)c1OCC1CO1. The number of epoxide rings is 2. The highest BCUT2D eigenvalue weighted by Crippen LogP contribution is 2.47. The Morgan fingerprint density at radius 1 is 0.812 bits per heavy atom. The maximum Gasteiger partial charge on any atom is 0.335 e. The smallest absolute Gasteiger partial charge is 0.335 e. The summed E-state index contributed by atoms with van der Waals surface area (Å²) >= 11 is 0. The average Bonchev–Trinajstić information content (AvgIpc) is 3.69. The van der Waals surface area contributed by atoms with Gasteiger partial charge in [0.1, 0.15) is 25.4 Å². The zero-order valence-electron chi connectivity index (χ0n) is 17.5. The van der Waals surface area contributed by atoms with Crippen LogP contribution < -0.4 is 18.9 Å². The van der Waals surface area contributed by atoms with Gasteiger partial charge in [0.05, 0.1) is 38.6 Å². The molecule has 2 aliphatic heterocycles. The van der Waals surface area contributed by atoms with Gasteiger partial charge in [-0.1, -0.05) is 0 Å². The first-order valence-electron chi connectivity index (χ1n) is 9.81. The minimum Gasteiger partial charge on any atom is -0.493 e. The van der Waals surface area contributed by atoms with Crippen LogP contribution in [0.4, 0.5) is 0 Å². The van der Waals surface area contributed by atoms with Gasteiger partial charge in [0.2, 0.25) is 0 Å². The van der Waals surface area contributed by atoms with Crippen LogP contribution in [-0.2, 0) is 9.47 Å². The fraction of sp³-hybridized carbons (Fsp3) is 0.364. The van der Waals surface area contributed by atoms with E-state index in [1.165, 1.54) is 38.5 Å². The van der Waals surface area contributed by atoms with Gasteiger partial charge < -0.3 is 38.6 Å². The Morgan fingerprint density at radius 3 is 1.47 bits per heavy atom. The van der Waals surface area contributed by atoms with Crippen LogP contribution in [0.15, 0.2) is 24.3 Å². The third-order valence-corrected chi connectivity index (χ3v) is 4.97. The van der Waals surface area contributed by atoms with Crippen molar-refractivity contribution in [2.75, 3.05) is 40.6 Å². The minimum atomic E-state index is -1.18. The van der Waals surface area contributed by atoms with E-state index in [4.69, 9.17) is 28.4 Å². The molecule has 10 nitrogen and oxygen atoms in total. The standard InChI is InChI=1S/C22H22O10/c1-27-17-5-11(21(23)24)3-15(19(17)31-9-13-7-29-13)16-4-12(22(25)26)6-18(28-2)20(16)32-10-14-8-30-14/h3-6,13-14H,7-10H2,1-2H3,(H,23,24)(H,25,26). The van der Waals surface area contributed by atoms with E-state index in [0.29, 0.717) is 13.2 Å². The third-order valence-electron chi connectivity index (χ3n) is 4.97. The van der Waals surface area contributed by atoms with Crippen LogP contribution in [0.3, 0.4) is 0 Å². The molecule has 4 rings (SSSR count). The fourth-order valence-electron chi connectivity index (χ4n) is 3.13. The van der Waals surface area contributed by atoms with E-state index in [-0.39, 0.29) is 70.7 Å². The van der Waals surface area contributed by atoms with Gasteiger partial charge in [0, 0.05) is 11.1 Å². The van der Waals surface area contributed by atoms with Crippen molar-refractivity contribution in [1.82, 2.24) is 0 Å². The molecule has 170 valence electrons. The predicted octanol–water partition coefficient (Wildman–Crippen LogP) is 2.32. The van der Waals surface area contributed by atoms with E-state index in [0.717, 1.165) is 0 Å². The van der Waals surface area contributed by atoms with Crippen molar-refractivity contribution in [3.63, 3.8) is 0 Å². The minimum absolute atomic E-state index is 0.0666. The summed E-state index contributed by atoms with van der Waals surface area (Å²) in [4.78, 5) is 23.5. The molecule has 2 heterocycles. The molecule has 0 aromatic heterocycles. The van der Waals surface area contributed by atoms with E-state index in [2.05, 4.69) is 0 Å². The Hall–Kier alpha value is -3.50. The highest BCUT2D eigenvalue weighted by atomic mass is 16.6. The van der Waals surface area contributed by atoms with Gasteiger partial charge >= 0.3 is 11.9 Å². The molecule has 2 atom stereocenters. The van der Waals surface area contributed by atoms with Crippen molar-refractivity contribution in [3.05, 3.63) is 35.4 Å². The van der Waals surface area contributed by atoms with Gasteiger partial charge in [-0.2, -0.15) is 0 Å². The summed E-state index contributed by atoms with van der Waals surface area (Å²) in [5.74, 6) is -1.53. The van der Waals surface area contributed by atoms with Crippen LogP contribution in [0.1, 0.15) is 20.7 Å². The summed E-state index contributed by atoms with van der Waals surface area (Å²) in [6.45, 7) is 1.56. The maximum atomic E-state index is 11.8. The molecule has 2 aromatic carbocycles. The number of rotatable bonds is 11. The predicted molar refractivity (Wildman–Crippen MR) is 109 cm³/mol. The second-order valence-corrected chi connectivity index (χ2v) is 7.25. The summed E-state index contributed by atoms with van der Waals surface area (Å²) in [5, 5.41) is 19.2. The number of hydrogen-bond donors (Lipinski definition) is 2. The number of hydrogen-bond acceptors (Lipinski definition) is 8. The Bertz CT molecular complexity index is 956. The molecule has 2 saturated heterocycles. The molecule has 10 heteroatoms. The topological polar surface area (TPSA) is 137 Å². The van der Waals surface area contributed by atoms with Crippen molar-refractivity contribution in [2.24, 2.45) is 0 Å². The third kappa shape index (κ3) is 4.71. The van der Waals surface area contributed by atoms with Crippen LogP contribution in [0.5, 0.6) is 23.0 Å². The first-order valence-corrected chi connectivity index (χ1v) is 9.81. The first-order chi connectivity index (χ1) is 15.4. The molecule has 2 aromatic rings. The van der Waals surface area contributed by atoms with E-state index >= 15 is 0 Å². The van der Waals surface area contributed by atoms with E-state index in [9.17, 15) is 19.8 Å². The fourth-order valence-corrected chi connectivity index (χ4v) is 3.13. The quantitative estimate of drug-likeness (QED) is 0.495. The number of carboxylic acid groups (broad SMARTS) is 2. The molecule has 2 N–H and O–H groups in total. The lowest BCUT2D eigenvalue weighted by atomic mass is 9.97. The first kappa shape index (κ1) is 21.7. The number of carbonyl (C=O) groups is 2. The van der Waals surface area contributed by atoms with Crippen molar-refractivity contribution < 1.29 is 48.2 Å². The Kier molecular flexibility index (Phi) is 6.06. The van der Waals surface area contributed by atoms with Crippen LogP contribution in [0, 0.1) is 0 Å². The molecule has 0 amide bonds. The molecular formula is C22H22O10. The number of carboxylic acids is 2. The summed E-state index contributed by atoms with van der Waals surface area (Å²) in [6.07, 6.45) is -0.149. The lowest BCUT2D eigenvalue weighted by Gasteiger charge is -2.20. The summed E-state index contributed by atoms with van der Waals surface area (Å²) in [7, 11) is 2.78. The van der Waals surface area contributed by atoms with Gasteiger partial charge in [0.15, 0.2) is 23.0 Å². The van der Waals surface area contributed by atoms with Crippen molar-refractivity contribution in [2.45, 2.75) is 12.2 Å². The van der Waals surface area contributed by atoms with E-state index in [1.54, 1.807) is 0 Å². The van der Waals surface area contributed by atoms with Crippen LogP contribution in [-0.4, -0.2) is 75.0 Å². The number of methoxy groups -OCH3 is 2. The van der Waals surface area contributed by atoms with Crippen LogP contribution in [0.25, 0.3) is 11.1 Å². The molecule has 0 spiro atoms. The van der Waals surface area contributed by atoms with Gasteiger partial charge in [-0.05, 0) is 24.3 Å². The highest BCUT2D eigenvalue weighted by molar-refractivity contribution is 5.96. The van der Waals surface area contributed by atoms with Crippen LogP contribution >= 0.6 is 0 Å². The maximum absolute atomic E-state index is 11.8. The molecule has 2 aliphatic rings. The molecule has 0 saturated carbocycles. The summed E-state index contributed by atoms with van der Waals surface area (Å²) in [5.41, 5.74) is 0.442. The molecule has 2 fully saturated rings. The Labute approximate surface area is 183 Å². The lowest BCUT2D eigenvalue weighted by Crippen LogP contribution is -2.10. The lowest BCUT2D eigenvalue weighted by molar-refractivity contribution is 0.0685. The highest BCUT2D eigenvalue weighted by Gasteiger charge is 2.29. The largest absolute Gasteiger partial charge is 0.493 e. The van der Waals surface area contributed by atoms with Gasteiger partial charge in [-0.25, -0.2) is 9.59 Å². The zero-order valence-corrected chi connectivity index (χ0v) is 17.5. The van der Waals surface area contributed by atoms with Gasteiger partial charge in [-0.3, -0.25) is 0 Å². The zero-order chi connectivity index (χ0) is 22.8. The molecule has 2 unspecified atom stereocenters.